The molecule has 0 spiro atoms. The van der Waals surface area contributed by atoms with Crippen LogP contribution in [0.25, 0.3) is 11.3 Å². The number of aryl methyl sites for hydroxylation is 1. The number of hydrogen-bond acceptors (Lipinski definition) is 4. The fraction of sp³-hybridized carbons (Fsp3) is 0.176. The molecule has 0 atom stereocenters. The van der Waals surface area contributed by atoms with E-state index in [4.69, 9.17) is 5.11 Å². The lowest BCUT2D eigenvalue weighted by atomic mass is 10.1. The molecule has 23 heavy (non-hydrogen) atoms. The van der Waals surface area contributed by atoms with Crippen LogP contribution in [-0.4, -0.2) is 27.6 Å². The topological polar surface area (TPSA) is 78.0 Å². The number of hydrogen-bond donors (Lipinski definition) is 3. The number of H-pyrrole nitrogens is 1. The number of benzene rings is 1. The van der Waals surface area contributed by atoms with E-state index in [0.29, 0.717) is 12.1 Å². The monoisotopic (exact) mass is 327 g/mol. The first-order valence-corrected chi connectivity index (χ1v) is 8.16. The van der Waals surface area contributed by atoms with Gasteiger partial charge in [0.05, 0.1) is 10.7 Å². The van der Waals surface area contributed by atoms with Crippen molar-refractivity contribution in [3.05, 3.63) is 58.2 Å². The Labute approximate surface area is 138 Å². The summed E-state index contributed by atoms with van der Waals surface area (Å²) in [6.07, 6.45) is 2.40. The zero-order chi connectivity index (χ0) is 16.2. The maximum atomic E-state index is 12.3. The third-order valence-electron chi connectivity index (χ3n) is 3.45. The van der Waals surface area contributed by atoms with Gasteiger partial charge in [-0.25, -0.2) is 4.98 Å². The van der Waals surface area contributed by atoms with Gasteiger partial charge >= 0.3 is 0 Å². The first-order valence-electron chi connectivity index (χ1n) is 7.28. The van der Waals surface area contributed by atoms with Gasteiger partial charge in [0.25, 0.3) is 5.91 Å². The van der Waals surface area contributed by atoms with Crippen LogP contribution in [0.1, 0.15) is 21.1 Å². The molecule has 2 aromatic heterocycles. The fourth-order valence-electron chi connectivity index (χ4n) is 2.25. The molecular weight excluding hydrogens is 310 g/mol. The SMILES string of the molecule is Cc1nc(-c2c[nH]c(C(=O)Nc3ccc(CCO)cc3)c2)cs1. The lowest BCUT2D eigenvalue weighted by Crippen LogP contribution is -2.12. The van der Waals surface area contributed by atoms with Crippen LogP contribution in [0.3, 0.4) is 0 Å². The zero-order valence-corrected chi connectivity index (χ0v) is 13.5. The quantitative estimate of drug-likeness (QED) is 0.673. The second kappa shape index (κ2) is 6.76. The Morgan fingerprint density at radius 1 is 1.35 bits per heavy atom. The Hall–Kier alpha value is -2.44. The average molecular weight is 327 g/mol. The normalized spacial score (nSPS) is 10.7. The van der Waals surface area contributed by atoms with Gasteiger partial charge in [0, 0.05) is 29.4 Å². The number of aliphatic hydroxyl groups excluding tert-OH is 1. The van der Waals surface area contributed by atoms with E-state index in [2.05, 4.69) is 15.3 Å². The molecule has 0 aliphatic carbocycles. The van der Waals surface area contributed by atoms with E-state index >= 15 is 0 Å². The van der Waals surface area contributed by atoms with Crippen LogP contribution in [-0.2, 0) is 6.42 Å². The highest BCUT2D eigenvalue weighted by Crippen LogP contribution is 2.22. The lowest BCUT2D eigenvalue weighted by molar-refractivity contribution is 0.102. The van der Waals surface area contributed by atoms with Crippen LogP contribution < -0.4 is 5.32 Å². The summed E-state index contributed by atoms with van der Waals surface area (Å²) in [5.74, 6) is -0.196. The van der Waals surface area contributed by atoms with Crippen LogP contribution in [0.2, 0.25) is 0 Å². The van der Waals surface area contributed by atoms with Crippen molar-refractivity contribution in [2.45, 2.75) is 13.3 Å². The standard InChI is InChI=1S/C17H17N3O2S/c1-11-19-16(10-23-11)13-8-15(18-9-13)17(22)20-14-4-2-12(3-5-14)6-7-21/h2-5,8-10,18,21H,6-7H2,1H3,(H,20,22). The minimum Gasteiger partial charge on any atom is -0.396 e. The summed E-state index contributed by atoms with van der Waals surface area (Å²) < 4.78 is 0. The Balaban J connectivity index is 1.70. The number of nitrogens with one attached hydrogen (secondary N) is 2. The minimum atomic E-state index is -0.196. The molecule has 118 valence electrons. The van der Waals surface area contributed by atoms with Crippen molar-refractivity contribution in [1.82, 2.24) is 9.97 Å². The van der Waals surface area contributed by atoms with Gasteiger partial charge in [-0.3, -0.25) is 4.79 Å². The molecule has 0 aliphatic rings. The molecule has 0 fully saturated rings. The average Bonchev–Trinajstić information content (AvgIpc) is 3.18. The van der Waals surface area contributed by atoms with E-state index < -0.39 is 0 Å². The molecule has 0 aliphatic heterocycles. The Bertz CT molecular complexity index is 805. The molecule has 0 unspecified atom stereocenters. The predicted octanol–water partition coefficient (Wildman–Crippen LogP) is 3.23. The molecule has 0 radical (unpaired) electrons. The fourth-order valence-corrected chi connectivity index (χ4v) is 2.87. The van der Waals surface area contributed by atoms with Crippen LogP contribution in [0.4, 0.5) is 5.69 Å². The summed E-state index contributed by atoms with van der Waals surface area (Å²) in [5, 5.41) is 14.7. The number of aromatic amines is 1. The number of aromatic nitrogens is 2. The summed E-state index contributed by atoms with van der Waals surface area (Å²) in [6.45, 7) is 2.07. The summed E-state index contributed by atoms with van der Waals surface area (Å²) in [5.41, 5.74) is 4.02. The second-order valence-corrected chi connectivity index (χ2v) is 6.24. The van der Waals surface area contributed by atoms with Crippen LogP contribution >= 0.6 is 11.3 Å². The van der Waals surface area contributed by atoms with Gasteiger partial charge < -0.3 is 15.4 Å². The molecular formula is C17H17N3O2S. The number of carbonyl (C=O) groups excluding carboxylic acids is 1. The van der Waals surface area contributed by atoms with Crippen LogP contribution in [0, 0.1) is 6.92 Å². The number of nitrogens with zero attached hydrogens (tertiary/aromatic N) is 1. The highest BCUT2D eigenvalue weighted by Gasteiger charge is 2.11. The van der Waals surface area contributed by atoms with Crippen molar-refractivity contribution in [3.8, 4) is 11.3 Å². The van der Waals surface area contributed by atoms with E-state index in [0.717, 1.165) is 27.5 Å². The maximum absolute atomic E-state index is 12.3. The Morgan fingerprint density at radius 3 is 2.78 bits per heavy atom. The maximum Gasteiger partial charge on any atom is 0.272 e. The van der Waals surface area contributed by atoms with E-state index in [-0.39, 0.29) is 12.5 Å². The minimum absolute atomic E-state index is 0.118. The third kappa shape index (κ3) is 3.67. The highest BCUT2D eigenvalue weighted by atomic mass is 32.1. The molecule has 0 saturated heterocycles. The molecule has 3 aromatic rings. The van der Waals surface area contributed by atoms with Gasteiger partial charge in [0.2, 0.25) is 0 Å². The van der Waals surface area contributed by atoms with Crippen LogP contribution in [0.5, 0.6) is 0 Å². The zero-order valence-electron chi connectivity index (χ0n) is 12.7. The summed E-state index contributed by atoms with van der Waals surface area (Å²) >= 11 is 1.58. The molecule has 3 N–H and O–H groups in total. The van der Waals surface area contributed by atoms with E-state index in [1.807, 2.05) is 36.6 Å². The summed E-state index contributed by atoms with van der Waals surface area (Å²) in [4.78, 5) is 19.7. The lowest BCUT2D eigenvalue weighted by Gasteiger charge is -2.05. The third-order valence-corrected chi connectivity index (χ3v) is 4.23. The molecule has 0 bridgehead atoms. The number of rotatable bonds is 5. The van der Waals surface area contributed by atoms with Crippen molar-refractivity contribution in [2.24, 2.45) is 0 Å². The first kappa shape index (κ1) is 15.5. The first-order chi connectivity index (χ1) is 11.2. The van der Waals surface area contributed by atoms with Crippen molar-refractivity contribution in [2.75, 3.05) is 11.9 Å². The van der Waals surface area contributed by atoms with Crippen molar-refractivity contribution in [3.63, 3.8) is 0 Å². The van der Waals surface area contributed by atoms with Crippen LogP contribution in [0.15, 0.2) is 41.9 Å². The molecule has 1 amide bonds. The van der Waals surface area contributed by atoms with Gasteiger partial charge in [-0.2, -0.15) is 0 Å². The van der Waals surface area contributed by atoms with E-state index in [1.54, 1.807) is 23.6 Å². The Kier molecular flexibility index (Phi) is 4.55. The molecule has 0 saturated carbocycles. The Morgan fingerprint density at radius 2 is 2.13 bits per heavy atom. The highest BCUT2D eigenvalue weighted by molar-refractivity contribution is 7.09. The van der Waals surface area contributed by atoms with Gasteiger partial charge in [0.15, 0.2) is 0 Å². The van der Waals surface area contributed by atoms with Gasteiger partial charge in [-0.1, -0.05) is 12.1 Å². The summed E-state index contributed by atoms with van der Waals surface area (Å²) in [7, 11) is 0. The molecule has 3 rings (SSSR count). The summed E-state index contributed by atoms with van der Waals surface area (Å²) in [6, 6.07) is 9.24. The number of anilines is 1. The molecule has 5 nitrogen and oxygen atoms in total. The van der Waals surface area contributed by atoms with Gasteiger partial charge in [0.1, 0.15) is 5.69 Å². The predicted molar refractivity (Wildman–Crippen MR) is 91.8 cm³/mol. The van der Waals surface area contributed by atoms with Crippen molar-refractivity contribution in [1.29, 1.82) is 0 Å². The largest absolute Gasteiger partial charge is 0.396 e. The molecule has 1 aromatic carbocycles. The number of amides is 1. The van der Waals surface area contributed by atoms with E-state index in [1.165, 1.54) is 0 Å². The number of thiazole rings is 1. The molecule has 2 heterocycles. The second-order valence-electron chi connectivity index (χ2n) is 5.18. The van der Waals surface area contributed by atoms with Crippen molar-refractivity contribution >= 4 is 22.9 Å². The number of carbonyl (C=O) groups is 1. The van der Waals surface area contributed by atoms with Crippen molar-refractivity contribution < 1.29 is 9.90 Å². The van der Waals surface area contributed by atoms with Gasteiger partial charge in [-0.15, -0.1) is 11.3 Å². The molecule has 6 heteroatoms. The smallest absolute Gasteiger partial charge is 0.272 e. The number of aliphatic hydroxyl groups is 1. The van der Waals surface area contributed by atoms with E-state index in [9.17, 15) is 4.79 Å². The van der Waals surface area contributed by atoms with Gasteiger partial charge in [-0.05, 0) is 37.1 Å².